The highest BCUT2D eigenvalue weighted by Crippen LogP contribution is 2.66. The number of rotatable bonds is 1. The zero-order valence-corrected chi connectivity index (χ0v) is 14.5. The summed E-state index contributed by atoms with van der Waals surface area (Å²) in [6.45, 7) is 4.72. The van der Waals surface area contributed by atoms with Crippen LogP contribution in [-0.4, -0.2) is 23.3 Å². The summed E-state index contributed by atoms with van der Waals surface area (Å²) in [6.07, 6.45) is 7.21. The normalized spacial score (nSPS) is 52.7. The Hall–Kier alpha value is -0.700. The highest BCUT2D eigenvalue weighted by molar-refractivity contribution is 5.87. The summed E-state index contributed by atoms with van der Waals surface area (Å²) >= 11 is 0. The third kappa shape index (κ3) is 1.98. The highest BCUT2D eigenvalue weighted by atomic mass is 16.3. The Morgan fingerprint density at radius 3 is 2.61 bits per heavy atom. The summed E-state index contributed by atoms with van der Waals surface area (Å²) in [5.41, 5.74) is -0.155. The van der Waals surface area contributed by atoms with Gasteiger partial charge in [-0.3, -0.25) is 9.59 Å². The maximum absolute atomic E-state index is 12.5. The van der Waals surface area contributed by atoms with E-state index >= 15 is 0 Å². The number of hydrogen-bond donors (Lipinski definition) is 1. The van der Waals surface area contributed by atoms with E-state index in [0.717, 1.165) is 38.5 Å². The molecule has 4 aliphatic rings. The second-order valence-electron chi connectivity index (χ2n) is 9.25. The van der Waals surface area contributed by atoms with E-state index in [-0.39, 0.29) is 17.4 Å². The number of fused-ring (bicyclic) bond motifs is 5. The van der Waals surface area contributed by atoms with Gasteiger partial charge in [0.25, 0.3) is 0 Å². The second-order valence-corrected chi connectivity index (χ2v) is 9.25. The Morgan fingerprint density at radius 2 is 1.87 bits per heavy atom. The lowest BCUT2D eigenvalue weighted by Gasteiger charge is -2.61. The molecule has 0 aromatic rings. The molecule has 0 amide bonds. The number of hydrogen-bond acceptors (Lipinski definition) is 3. The van der Waals surface area contributed by atoms with E-state index in [1.54, 1.807) is 0 Å². The molecule has 0 bridgehead atoms. The molecule has 0 spiro atoms. The molecule has 0 saturated heterocycles. The Balaban J connectivity index is 1.72. The summed E-state index contributed by atoms with van der Waals surface area (Å²) in [4.78, 5) is 24.5. The summed E-state index contributed by atoms with van der Waals surface area (Å²) in [7, 11) is 0. The molecule has 0 aromatic heterocycles. The van der Waals surface area contributed by atoms with Crippen LogP contribution >= 0.6 is 0 Å². The molecule has 23 heavy (non-hydrogen) atoms. The summed E-state index contributed by atoms with van der Waals surface area (Å²) in [6, 6.07) is 0. The van der Waals surface area contributed by atoms with Crippen LogP contribution in [0.25, 0.3) is 0 Å². The van der Waals surface area contributed by atoms with E-state index in [2.05, 4.69) is 13.8 Å². The first-order valence-corrected chi connectivity index (χ1v) is 9.58. The number of carbonyl (C=O) groups is 2. The van der Waals surface area contributed by atoms with Gasteiger partial charge in [0.1, 0.15) is 11.6 Å². The fraction of sp³-hybridized carbons (Fsp3) is 0.900. The molecule has 0 unspecified atom stereocenters. The van der Waals surface area contributed by atoms with Crippen LogP contribution in [0.5, 0.6) is 0 Å². The molecule has 0 aromatic carbocycles. The van der Waals surface area contributed by atoms with Gasteiger partial charge >= 0.3 is 0 Å². The van der Waals surface area contributed by atoms with Crippen molar-refractivity contribution in [3.8, 4) is 0 Å². The zero-order valence-electron chi connectivity index (χ0n) is 14.5. The highest BCUT2D eigenvalue weighted by Gasteiger charge is 2.62. The lowest BCUT2D eigenvalue weighted by molar-refractivity contribution is -0.165. The first kappa shape index (κ1) is 15.8. The topological polar surface area (TPSA) is 54.4 Å². The van der Waals surface area contributed by atoms with Gasteiger partial charge in [-0.05, 0) is 61.7 Å². The van der Waals surface area contributed by atoms with Crippen LogP contribution in [-0.2, 0) is 9.59 Å². The van der Waals surface area contributed by atoms with E-state index in [4.69, 9.17) is 0 Å². The van der Waals surface area contributed by atoms with Crippen LogP contribution in [0.2, 0.25) is 0 Å². The largest absolute Gasteiger partial charge is 0.396 e. The maximum atomic E-state index is 12.5. The molecule has 4 aliphatic carbocycles. The van der Waals surface area contributed by atoms with E-state index < -0.39 is 0 Å². The molecule has 4 fully saturated rings. The van der Waals surface area contributed by atoms with Crippen molar-refractivity contribution in [2.24, 2.45) is 40.4 Å². The Morgan fingerprint density at radius 1 is 1.09 bits per heavy atom. The van der Waals surface area contributed by atoms with Gasteiger partial charge in [0.15, 0.2) is 0 Å². The molecule has 3 heteroatoms. The molecule has 0 radical (unpaired) electrons. The van der Waals surface area contributed by atoms with Crippen molar-refractivity contribution >= 4 is 11.6 Å². The smallest absolute Gasteiger partial charge is 0.139 e. The minimum Gasteiger partial charge on any atom is -0.396 e. The first-order chi connectivity index (χ1) is 10.9. The summed E-state index contributed by atoms with van der Waals surface area (Å²) in [5.74, 6) is 3.33. The molecule has 3 nitrogen and oxygen atoms in total. The van der Waals surface area contributed by atoms with E-state index in [0.29, 0.717) is 54.0 Å². The summed E-state index contributed by atoms with van der Waals surface area (Å²) in [5, 5.41) is 10.4. The summed E-state index contributed by atoms with van der Waals surface area (Å²) < 4.78 is 0. The minimum absolute atomic E-state index is 0.0524. The Kier molecular flexibility index (Phi) is 3.54. The monoisotopic (exact) mass is 318 g/mol. The molecule has 0 heterocycles. The lowest BCUT2D eigenvalue weighted by Crippen LogP contribution is -2.58. The Labute approximate surface area is 139 Å². The van der Waals surface area contributed by atoms with Crippen molar-refractivity contribution in [1.82, 2.24) is 0 Å². The van der Waals surface area contributed by atoms with Gasteiger partial charge in [-0.25, -0.2) is 0 Å². The average molecular weight is 318 g/mol. The quantitative estimate of drug-likeness (QED) is 0.806. The molecule has 4 rings (SSSR count). The maximum Gasteiger partial charge on any atom is 0.139 e. The van der Waals surface area contributed by atoms with Crippen molar-refractivity contribution < 1.29 is 14.7 Å². The van der Waals surface area contributed by atoms with Crippen molar-refractivity contribution in [1.29, 1.82) is 0 Å². The predicted octanol–water partition coefficient (Wildman–Crippen LogP) is 3.39. The van der Waals surface area contributed by atoms with Crippen LogP contribution < -0.4 is 0 Å². The van der Waals surface area contributed by atoms with Crippen LogP contribution in [0.15, 0.2) is 0 Å². The van der Waals surface area contributed by atoms with Crippen LogP contribution in [0.1, 0.15) is 65.2 Å². The van der Waals surface area contributed by atoms with Gasteiger partial charge < -0.3 is 5.11 Å². The van der Waals surface area contributed by atoms with Crippen LogP contribution in [0.3, 0.4) is 0 Å². The predicted molar refractivity (Wildman–Crippen MR) is 87.7 cm³/mol. The fourth-order valence-corrected chi connectivity index (χ4v) is 7.34. The van der Waals surface area contributed by atoms with Gasteiger partial charge in [0.2, 0.25) is 0 Å². The van der Waals surface area contributed by atoms with Gasteiger partial charge in [-0.15, -0.1) is 0 Å². The second kappa shape index (κ2) is 5.15. The average Bonchev–Trinajstić information content (AvgIpc) is 2.84. The third-order valence-electron chi connectivity index (χ3n) is 8.57. The van der Waals surface area contributed by atoms with Crippen LogP contribution in [0.4, 0.5) is 0 Å². The fourth-order valence-electron chi connectivity index (χ4n) is 7.34. The van der Waals surface area contributed by atoms with Crippen molar-refractivity contribution in [3.63, 3.8) is 0 Å². The van der Waals surface area contributed by atoms with Gasteiger partial charge in [0, 0.05) is 36.7 Å². The number of aliphatic hydroxyl groups is 1. The van der Waals surface area contributed by atoms with Gasteiger partial charge in [-0.1, -0.05) is 13.8 Å². The third-order valence-corrected chi connectivity index (χ3v) is 8.57. The van der Waals surface area contributed by atoms with Crippen molar-refractivity contribution in [2.45, 2.75) is 65.2 Å². The van der Waals surface area contributed by atoms with Crippen molar-refractivity contribution in [3.05, 3.63) is 0 Å². The molecule has 1 N–H and O–H groups in total. The van der Waals surface area contributed by atoms with Crippen molar-refractivity contribution in [2.75, 3.05) is 6.61 Å². The first-order valence-electron chi connectivity index (χ1n) is 9.58. The molecule has 7 atom stereocenters. The van der Waals surface area contributed by atoms with E-state index in [9.17, 15) is 14.7 Å². The molecule has 4 saturated carbocycles. The zero-order chi connectivity index (χ0) is 16.4. The lowest BCUT2D eigenvalue weighted by atomic mass is 9.43. The molecule has 0 aliphatic heterocycles. The number of Topliss-reactive ketones (excluding diaryl/α,β-unsaturated/α-hetero) is 2. The molecular weight excluding hydrogens is 288 g/mol. The van der Waals surface area contributed by atoms with E-state index in [1.807, 2.05) is 0 Å². The molecular formula is C20H30O3. The minimum atomic E-state index is -0.102. The number of aliphatic hydroxyl groups excluding tert-OH is 1. The van der Waals surface area contributed by atoms with Gasteiger partial charge in [-0.2, -0.15) is 0 Å². The Bertz CT molecular complexity index is 541. The SMILES string of the molecule is C[C@@H]1C[C@@H]2[C@H](CC[C@]3(C)C(=O)CC[C@@H]23)[C@@]2(CO)CCC(=O)C[C@H]12. The number of ketones is 2. The molecule has 128 valence electrons. The van der Waals surface area contributed by atoms with Crippen LogP contribution in [0, 0.1) is 40.4 Å². The standard InChI is InChI=1S/C20H30O3/c1-12-9-14-15-3-4-18(23)19(15,2)7-6-16(14)20(11-21)8-5-13(22)10-17(12)20/h12,14-17,21H,3-11H2,1-2H3/t12-,14+,15+,16+,17-,19+,20+/m1/s1. The number of carbonyl (C=O) groups excluding carboxylic acids is 2. The van der Waals surface area contributed by atoms with E-state index in [1.165, 1.54) is 0 Å². The van der Waals surface area contributed by atoms with Gasteiger partial charge in [0.05, 0.1) is 0 Å².